The second-order valence-electron chi connectivity index (χ2n) is 5.54. The van der Waals surface area contributed by atoms with Crippen LogP contribution in [0.5, 0.6) is 0 Å². The van der Waals surface area contributed by atoms with Crippen LogP contribution in [0.2, 0.25) is 0 Å². The molecule has 3 heterocycles. The van der Waals surface area contributed by atoms with E-state index in [-0.39, 0.29) is 11.9 Å². The fourth-order valence-electron chi connectivity index (χ4n) is 2.93. The molecule has 2 aromatic rings. The highest BCUT2D eigenvalue weighted by atomic mass is 16.5. The van der Waals surface area contributed by atoms with E-state index in [1.54, 1.807) is 0 Å². The first-order valence-electron chi connectivity index (χ1n) is 7.50. The Balaban J connectivity index is 1.58. The lowest BCUT2D eigenvalue weighted by atomic mass is 10.2. The van der Waals surface area contributed by atoms with E-state index in [0.29, 0.717) is 5.89 Å². The van der Waals surface area contributed by atoms with Crippen LogP contribution in [0.3, 0.4) is 0 Å². The van der Waals surface area contributed by atoms with Crippen LogP contribution in [0, 0.1) is 6.92 Å². The van der Waals surface area contributed by atoms with Crippen molar-refractivity contribution in [3.63, 3.8) is 0 Å². The first-order chi connectivity index (χ1) is 10.6. The van der Waals surface area contributed by atoms with Crippen molar-refractivity contribution in [2.24, 2.45) is 5.73 Å². The summed E-state index contributed by atoms with van der Waals surface area (Å²) in [6.45, 7) is 4.88. The van der Waals surface area contributed by atoms with E-state index in [4.69, 9.17) is 10.3 Å². The summed E-state index contributed by atoms with van der Waals surface area (Å²) in [6, 6.07) is 0.0875. The van der Waals surface area contributed by atoms with Crippen LogP contribution < -0.4 is 5.73 Å². The molecule has 1 fully saturated rings. The maximum atomic E-state index is 11.1. The first-order valence-corrected chi connectivity index (χ1v) is 7.50. The average Bonchev–Trinajstić information content (AvgIpc) is 3.19. The van der Waals surface area contributed by atoms with E-state index in [1.165, 1.54) is 0 Å². The number of carbonyl (C=O) groups excluding carboxylic acids is 1. The van der Waals surface area contributed by atoms with Gasteiger partial charge in [0.05, 0.1) is 6.04 Å². The molecule has 3 rings (SSSR count). The molecule has 1 saturated heterocycles. The number of aryl methyl sites for hydroxylation is 2. The molecule has 8 nitrogen and oxygen atoms in total. The monoisotopic (exact) mass is 304 g/mol. The molecule has 0 aliphatic carbocycles. The molecule has 0 spiro atoms. The van der Waals surface area contributed by atoms with Crippen molar-refractivity contribution in [3.8, 4) is 0 Å². The molecular weight excluding hydrogens is 284 g/mol. The number of rotatable bonds is 6. The Hall–Kier alpha value is -2.22. The minimum Gasteiger partial charge on any atom is -0.363 e. The van der Waals surface area contributed by atoms with Gasteiger partial charge in [-0.25, -0.2) is 4.98 Å². The highest BCUT2D eigenvalue weighted by molar-refractivity contribution is 5.88. The summed E-state index contributed by atoms with van der Waals surface area (Å²) in [6.07, 6.45) is 6.88. The van der Waals surface area contributed by atoms with Crippen molar-refractivity contribution >= 4 is 5.91 Å². The number of hydrogen-bond donors (Lipinski definition) is 1. The lowest BCUT2D eigenvalue weighted by molar-refractivity contribution is 0.0987. The van der Waals surface area contributed by atoms with Crippen LogP contribution >= 0.6 is 0 Å². The number of nitrogens with two attached hydrogens (primary N) is 1. The van der Waals surface area contributed by atoms with Gasteiger partial charge >= 0.3 is 0 Å². The van der Waals surface area contributed by atoms with Gasteiger partial charge < -0.3 is 14.8 Å². The lowest BCUT2D eigenvalue weighted by Crippen LogP contribution is -2.25. The third-order valence-electron chi connectivity index (χ3n) is 4.08. The van der Waals surface area contributed by atoms with Gasteiger partial charge in [-0.3, -0.25) is 9.69 Å². The molecule has 2 aromatic heterocycles. The quantitative estimate of drug-likeness (QED) is 0.850. The number of likely N-dealkylation sites (tertiary alicyclic amines) is 1. The van der Waals surface area contributed by atoms with Crippen molar-refractivity contribution in [2.75, 3.05) is 13.1 Å². The molecule has 1 aliphatic rings. The summed E-state index contributed by atoms with van der Waals surface area (Å²) in [7, 11) is 0. The predicted molar refractivity (Wildman–Crippen MR) is 77.9 cm³/mol. The number of imidazole rings is 1. The van der Waals surface area contributed by atoms with Gasteiger partial charge in [0.25, 0.3) is 11.7 Å². The summed E-state index contributed by atoms with van der Waals surface area (Å²) >= 11 is 0. The minimum absolute atomic E-state index is 0.0455. The van der Waals surface area contributed by atoms with E-state index < -0.39 is 5.91 Å². The van der Waals surface area contributed by atoms with Gasteiger partial charge in [-0.15, -0.1) is 0 Å². The molecule has 22 heavy (non-hydrogen) atoms. The predicted octanol–water partition coefficient (Wildman–Crippen LogP) is 0.901. The van der Waals surface area contributed by atoms with Crippen LogP contribution in [0.4, 0.5) is 0 Å². The number of aromatic nitrogens is 4. The Morgan fingerprint density at radius 1 is 1.50 bits per heavy atom. The molecule has 1 aliphatic heterocycles. The van der Waals surface area contributed by atoms with Crippen molar-refractivity contribution in [1.29, 1.82) is 0 Å². The van der Waals surface area contributed by atoms with Gasteiger partial charge in [0, 0.05) is 25.5 Å². The van der Waals surface area contributed by atoms with Gasteiger partial charge in [0.1, 0.15) is 5.82 Å². The number of hydrogen-bond acceptors (Lipinski definition) is 6. The molecule has 1 amide bonds. The molecule has 118 valence electrons. The van der Waals surface area contributed by atoms with Crippen molar-refractivity contribution in [2.45, 2.75) is 38.8 Å². The van der Waals surface area contributed by atoms with Crippen LogP contribution in [0.15, 0.2) is 16.9 Å². The van der Waals surface area contributed by atoms with Crippen molar-refractivity contribution < 1.29 is 9.32 Å². The van der Waals surface area contributed by atoms with E-state index in [2.05, 4.69) is 24.6 Å². The topological polar surface area (TPSA) is 103 Å². The second kappa shape index (κ2) is 6.27. The molecule has 0 unspecified atom stereocenters. The van der Waals surface area contributed by atoms with E-state index in [1.807, 2.05) is 19.3 Å². The summed E-state index contributed by atoms with van der Waals surface area (Å²) in [5, 5.41) is 3.63. The molecule has 0 aromatic carbocycles. The van der Waals surface area contributed by atoms with Gasteiger partial charge in [-0.2, -0.15) is 4.98 Å². The van der Waals surface area contributed by atoms with E-state index in [9.17, 15) is 4.79 Å². The highest BCUT2D eigenvalue weighted by Crippen LogP contribution is 2.30. The third-order valence-corrected chi connectivity index (χ3v) is 4.08. The lowest BCUT2D eigenvalue weighted by Gasteiger charge is -2.21. The molecule has 0 radical (unpaired) electrons. The Morgan fingerprint density at radius 3 is 3.05 bits per heavy atom. The van der Waals surface area contributed by atoms with Crippen LogP contribution in [0.1, 0.15) is 47.6 Å². The summed E-state index contributed by atoms with van der Waals surface area (Å²) in [4.78, 5) is 21.7. The Labute approximate surface area is 128 Å². The maximum Gasteiger partial charge on any atom is 0.290 e. The molecule has 0 bridgehead atoms. The Morgan fingerprint density at radius 2 is 2.36 bits per heavy atom. The summed E-state index contributed by atoms with van der Waals surface area (Å²) in [5.41, 5.74) is 5.16. The molecular formula is C14H20N6O2. The Bertz CT molecular complexity index is 649. The summed E-state index contributed by atoms with van der Waals surface area (Å²) in [5.74, 6) is 0.817. The van der Waals surface area contributed by atoms with Crippen molar-refractivity contribution in [3.05, 3.63) is 29.9 Å². The average molecular weight is 304 g/mol. The molecule has 0 saturated carbocycles. The zero-order valence-electron chi connectivity index (χ0n) is 12.6. The molecule has 2 N–H and O–H groups in total. The first kappa shape index (κ1) is 14.7. The van der Waals surface area contributed by atoms with Crippen LogP contribution in [0.25, 0.3) is 0 Å². The van der Waals surface area contributed by atoms with Crippen LogP contribution in [-0.4, -0.2) is 43.6 Å². The van der Waals surface area contributed by atoms with Gasteiger partial charge in [-0.05, 0) is 32.7 Å². The largest absolute Gasteiger partial charge is 0.363 e. The van der Waals surface area contributed by atoms with Crippen molar-refractivity contribution in [1.82, 2.24) is 24.6 Å². The second-order valence-corrected chi connectivity index (χ2v) is 5.54. The zero-order chi connectivity index (χ0) is 15.5. The SMILES string of the molecule is Cc1nccn1CCCN1CCC[C@H]1c1nc(C(N)=O)no1. The normalized spacial score (nSPS) is 18.9. The minimum atomic E-state index is -0.657. The standard InChI is InChI=1S/C14H20N6O2/c1-10-16-5-9-19(10)7-3-8-20-6-2-4-11(20)14-17-13(12(15)21)18-22-14/h5,9,11H,2-4,6-8H2,1H3,(H2,15,21)/t11-/m0/s1. The van der Waals surface area contributed by atoms with Crippen LogP contribution in [-0.2, 0) is 6.54 Å². The molecule has 8 heteroatoms. The zero-order valence-corrected chi connectivity index (χ0v) is 12.6. The number of primary amides is 1. The number of nitrogens with zero attached hydrogens (tertiary/aromatic N) is 5. The molecule has 1 atom stereocenters. The van der Waals surface area contributed by atoms with Gasteiger partial charge in [0.2, 0.25) is 5.89 Å². The Kier molecular flexibility index (Phi) is 4.19. The van der Waals surface area contributed by atoms with E-state index >= 15 is 0 Å². The van der Waals surface area contributed by atoms with Gasteiger partial charge in [0.15, 0.2) is 0 Å². The van der Waals surface area contributed by atoms with E-state index in [0.717, 1.165) is 44.7 Å². The maximum absolute atomic E-state index is 11.1. The smallest absolute Gasteiger partial charge is 0.290 e. The number of carbonyl (C=O) groups is 1. The fourth-order valence-corrected chi connectivity index (χ4v) is 2.93. The van der Waals surface area contributed by atoms with Gasteiger partial charge in [-0.1, -0.05) is 5.16 Å². The third kappa shape index (κ3) is 3.01. The highest BCUT2D eigenvalue weighted by Gasteiger charge is 2.30. The number of amides is 1. The fraction of sp³-hybridized carbons (Fsp3) is 0.571. The summed E-state index contributed by atoms with van der Waals surface area (Å²) < 4.78 is 7.33.